The number of thiazole rings is 1. The lowest BCUT2D eigenvalue weighted by molar-refractivity contribution is -0.118. The van der Waals surface area contributed by atoms with E-state index in [9.17, 15) is 4.79 Å². The van der Waals surface area contributed by atoms with Gasteiger partial charge in [0.05, 0.1) is 5.69 Å². The highest BCUT2D eigenvalue weighted by molar-refractivity contribution is 7.14. The van der Waals surface area contributed by atoms with Crippen molar-refractivity contribution in [3.8, 4) is 28.1 Å². The third kappa shape index (κ3) is 4.58. The van der Waals surface area contributed by atoms with Gasteiger partial charge in [0.15, 0.2) is 11.7 Å². The summed E-state index contributed by atoms with van der Waals surface area (Å²) in [6.07, 6.45) is 0. The Bertz CT molecular complexity index is 1170. The molecule has 0 aliphatic rings. The molecule has 4 rings (SSSR count). The number of amides is 1. The summed E-state index contributed by atoms with van der Waals surface area (Å²) in [4.78, 5) is 17.0. The van der Waals surface area contributed by atoms with Gasteiger partial charge in [0.1, 0.15) is 5.75 Å². The molecule has 5 heteroatoms. The van der Waals surface area contributed by atoms with Crippen molar-refractivity contribution in [2.24, 2.45) is 0 Å². The Morgan fingerprint density at radius 2 is 1.73 bits per heavy atom. The van der Waals surface area contributed by atoms with E-state index in [0.717, 1.165) is 27.9 Å². The maximum atomic E-state index is 12.4. The first-order valence-electron chi connectivity index (χ1n) is 9.70. The van der Waals surface area contributed by atoms with Crippen LogP contribution in [0.3, 0.4) is 0 Å². The zero-order valence-electron chi connectivity index (χ0n) is 16.9. The Morgan fingerprint density at radius 3 is 2.57 bits per heavy atom. The molecule has 0 saturated heterocycles. The maximum absolute atomic E-state index is 12.4. The molecule has 4 aromatic rings. The molecular weight excluding hydrogens is 392 g/mol. The summed E-state index contributed by atoms with van der Waals surface area (Å²) in [6, 6.07) is 24.0. The normalized spacial score (nSPS) is 10.6. The Kier molecular flexibility index (Phi) is 5.91. The van der Waals surface area contributed by atoms with Crippen molar-refractivity contribution in [2.75, 3.05) is 11.9 Å². The molecule has 0 radical (unpaired) electrons. The maximum Gasteiger partial charge on any atom is 0.264 e. The highest BCUT2D eigenvalue weighted by Gasteiger charge is 2.12. The van der Waals surface area contributed by atoms with Gasteiger partial charge < -0.3 is 4.74 Å². The molecule has 1 aromatic heterocycles. The lowest BCUT2D eigenvalue weighted by atomic mass is 10.0. The average Bonchev–Trinajstić information content (AvgIpc) is 3.23. The Morgan fingerprint density at radius 1 is 0.967 bits per heavy atom. The van der Waals surface area contributed by atoms with E-state index in [1.807, 2.05) is 60.0 Å². The summed E-state index contributed by atoms with van der Waals surface area (Å²) >= 11 is 1.41. The number of carbonyl (C=O) groups is 1. The Hall–Kier alpha value is -3.44. The SMILES string of the molecule is Cc1ccc(C)c(-c2csc(NC(=O)COc3ccccc3-c3ccccc3)n2)c1. The van der Waals surface area contributed by atoms with Gasteiger partial charge >= 0.3 is 0 Å². The third-order valence-electron chi connectivity index (χ3n) is 4.75. The number of aromatic nitrogens is 1. The minimum absolute atomic E-state index is 0.0811. The Balaban J connectivity index is 1.42. The van der Waals surface area contributed by atoms with Gasteiger partial charge in [-0.1, -0.05) is 66.2 Å². The van der Waals surface area contributed by atoms with E-state index in [-0.39, 0.29) is 12.5 Å². The fraction of sp³-hybridized carbons (Fsp3) is 0.120. The van der Waals surface area contributed by atoms with Gasteiger partial charge in [0.25, 0.3) is 5.91 Å². The molecule has 1 N–H and O–H groups in total. The van der Waals surface area contributed by atoms with Crippen LogP contribution in [0.2, 0.25) is 0 Å². The Labute approximate surface area is 180 Å². The molecule has 4 nitrogen and oxygen atoms in total. The number of carbonyl (C=O) groups excluding carboxylic acids is 1. The molecule has 0 spiro atoms. The molecule has 0 unspecified atom stereocenters. The van der Waals surface area contributed by atoms with Gasteiger partial charge in [-0.25, -0.2) is 4.98 Å². The number of para-hydroxylation sites is 1. The average molecular weight is 415 g/mol. The number of anilines is 1. The van der Waals surface area contributed by atoms with Gasteiger partial charge in [0.2, 0.25) is 0 Å². The number of benzene rings is 3. The van der Waals surface area contributed by atoms with Gasteiger partial charge in [-0.3, -0.25) is 10.1 Å². The van der Waals surface area contributed by atoms with Crippen LogP contribution < -0.4 is 10.1 Å². The number of rotatable bonds is 6. The smallest absolute Gasteiger partial charge is 0.264 e. The molecule has 0 aliphatic heterocycles. The zero-order chi connectivity index (χ0) is 20.9. The van der Waals surface area contributed by atoms with Gasteiger partial charge in [-0.2, -0.15) is 0 Å². The predicted molar refractivity (Wildman–Crippen MR) is 123 cm³/mol. The lowest BCUT2D eigenvalue weighted by Crippen LogP contribution is -2.20. The lowest BCUT2D eigenvalue weighted by Gasteiger charge is -2.11. The molecule has 0 bridgehead atoms. The van der Waals surface area contributed by atoms with Crippen molar-refractivity contribution in [1.29, 1.82) is 0 Å². The van der Waals surface area contributed by atoms with Crippen molar-refractivity contribution < 1.29 is 9.53 Å². The molecule has 0 saturated carbocycles. The van der Waals surface area contributed by atoms with Gasteiger partial charge in [-0.05, 0) is 37.1 Å². The standard InChI is InChI=1S/C25H22N2O2S/c1-17-12-13-18(2)21(14-17)22-16-30-25(26-22)27-24(28)15-29-23-11-7-6-10-20(23)19-8-4-3-5-9-19/h3-14,16H,15H2,1-2H3,(H,26,27,28). The van der Waals surface area contributed by atoms with Gasteiger partial charge in [0, 0.05) is 16.5 Å². The second-order valence-corrected chi connectivity index (χ2v) is 7.91. The number of hydrogen-bond acceptors (Lipinski definition) is 4. The number of hydrogen-bond donors (Lipinski definition) is 1. The summed E-state index contributed by atoms with van der Waals surface area (Å²) < 4.78 is 5.82. The van der Waals surface area contributed by atoms with Crippen molar-refractivity contribution in [1.82, 2.24) is 4.98 Å². The van der Waals surface area contributed by atoms with Crippen LogP contribution in [0.15, 0.2) is 78.2 Å². The fourth-order valence-corrected chi connectivity index (χ4v) is 3.94. The topological polar surface area (TPSA) is 51.2 Å². The van der Waals surface area contributed by atoms with Crippen LogP contribution >= 0.6 is 11.3 Å². The van der Waals surface area contributed by atoms with Crippen LogP contribution in [-0.4, -0.2) is 17.5 Å². The highest BCUT2D eigenvalue weighted by Crippen LogP contribution is 2.30. The second-order valence-electron chi connectivity index (χ2n) is 7.06. The molecule has 1 amide bonds. The molecule has 0 fully saturated rings. The number of nitrogens with one attached hydrogen (secondary N) is 1. The van der Waals surface area contributed by atoms with E-state index in [1.54, 1.807) is 0 Å². The van der Waals surface area contributed by atoms with E-state index in [1.165, 1.54) is 16.9 Å². The monoisotopic (exact) mass is 414 g/mol. The summed E-state index contributed by atoms with van der Waals surface area (Å²) in [5, 5.41) is 5.37. The fourth-order valence-electron chi connectivity index (χ4n) is 3.21. The molecule has 3 aromatic carbocycles. The van der Waals surface area contributed by atoms with Crippen molar-refractivity contribution in [3.63, 3.8) is 0 Å². The van der Waals surface area contributed by atoms with Crippen LogP contribution in [0, 0.1) is 13.8 Å². The van der Waals surface area contributed by atoms with Crippen LogP contribution in [0.5, 0.6) is 5.75 Å². The first-order valence-corrected chi connectivity index (χ1v) is 10.6. The van der Waals surface area contributed by atoms with E-state index in [0.29, 0.717) is 10.9 Å². The van der Waals surface area contributed by atoms with Crippen molar-refractivity contribution in [2.45, 2.75) is 13.8 Å². The minimum atomic E-state index is -0.236. The first-order chi connectivity index (χ1) is 14.6. The van der Waals surface area contributed by atoms with Crippen molar-refractivity contribution in [3.05, 3.63) is 89.3 Å². The highest BCUT2D eigenvalue weighted by atomic mass is 32.1. The zero-order valence-corrected chi connectivity index (χ0v) is 17.7. The second kappa shape index (κ2) is 8.93. The molecule has 0 aliphatic carbocycles. The van der Waals surface area contributed by atoms with Crippen LogP contribution in [0.25, 0.3) is 22.4 Å². The number of aryl methyl sites for hydroxylation is 2. The summed E-state index contributed by atoms with van der Waals surface area (Å²) in [5.41, 5.74) is 6.29. The predicted octanol–water partition coefficient (Wildman–Crippen LogP) is 6.11. The molecular formula is C25H22N2O2S. The quantitative estimate of drug-likeness (QED) is 0.414. The summed E-state index contributed by atoms with van der Waals surface area (Å²) in [6.45, 7) is 4.04. The molecule has 30 heavy (non-hydrogen) atoms. The van der Waals surface area contributed by atoms with Crippen LogP contribution in [0.4, 0.5) is 5.13 Å². The van der Waals surface area contributed by atoms with E-state index in [2.05, 4.69) is 42.3 Å². The van der Waals surface area contributed by atoms with Crippen LogP contribution in [-0.2, 0) is 4.79 Å². The van der Waals surface area contributed by atoms with E-state index in [4.69, 9.17) is 4.74 Å². The van der Waals surface area contributed by atoms with E-state index < -0.39 is 0 Å². The summed E-state index contributed by atoms with van der Waals surface area (Å²) in [5.74, 6) is 0.439. The van der Waals surface area contributed by atoms with E-state index >= 15 is 0 Å². The molecule has 150 valence electrons. The first kappa shape index (κ1) is 19.9. The van der Waals surface area contributed by atoms with Crippen LogP contribution in [0.1, 0.15) is 11.1 Å². The molecule has 1 heterocycles. The third-order valence-corrected chi connectivity index (χ3v) is 5.51. The number of nitrogens with zero attached hydrogens (tertiary/aromatic N) is 1. The minimum Gasteiger partial charge on any atom is -0.483 e. The largest absolute Gasteiger partial charge is 0.483 e. The molecule has 0 atom stereocenters. The van der Waals surface area contributed by atoms with Crippen molar-refractivity contribution >= 4 is 22.4 Å². The number of ether oxygens (including phenoxy) is 1. The summed E-state index contributed by atoms with van der Waals surface area (Å²) in [7, 11) is 0. The van der Waals surface area contributed by atoms with Gasteiger partial charge in [-0.15, -0.1) is 11.3 Å².